The summed E-state index contributed by atoms with van der Waals surface area (Å²) in [7, 11) is 0. The molecule has 0 bridgehead atoms. The molecule has 1 fully saturated rings. The molecule has 0 aromatic heterocycles. The van der Waals surface area contributed by atoms with Gasteiger partial charge in [-0.25, -0.2) is 0 Å². The molecular formula is C14H17F3N2OS. The van der Waals surface area contributed by atoms with Gasteiger partial charge in [0.15, 0.2) is 0 Å². The molecule has 1 aromatic rings. The van der Waals surface area contributed by atoms with E-state index in [1.54, 1.807) is 6.07 Å². The second-order valence-electron chi connectivity index (χ2n) is 4.91. The molecule has 7 heteroatoms. The number of rotatable bonds is 5. The SMILES string of the molecule is O=C(CSc1cccc(C(F)(F)F)c1)NCC1CCCN1. The summed E-state index contributed by atoms with van der Waals surface area (Å²) >= 11 is 1.11. The van der Waals surface area contributed by atoms with Crippen molar-refractivity contribution in [1.82, 2.24) is 10.6 Å². The molecule has 1 saturated heterocycles. The number of nitrogens with one attached hydrogen (secondary N) is 2. The molecule has 1 aliphatic rings. The number of thioether (sulfide) groups is 1. The molecule has 2 N–H and O–H groups in total. The number of amides is 1. The minimum Gasteiger partial charge on any atom is -0.354 e. The van der Waals surface area contributed by atoms with Gasteiger partial charge in [-0.1, -0.05) is 6.07 Å². The highest BCUT2D eigenvalue weighted by molar-refractivity contribution is 8.00. The van der Waals surface area contributed by atoms with Crippen LogP contribution in [0.15, 0.2) is 29.2 Å². The van der Waals surface area contributed by atoms with E-state index in [0.717, 1.165) is 43.3 Å². The zero-order chi connectivity index (χ0) is 15.3. The highest BCUT2D eigenvalue weighted by atomic mass is 32.2. The van der Waals surface area contributed by atoms with E-state index >= 15 is 0 Å². The largest absolute Gasteiger partial charge is 0.416 e. The van der Waals surface area contributed by atoms with Crippen molar-refractivity contribution in [3.63, 3.8) is 0 Å². The van der Waals surface area contributed by atoms with Crippen LogP contribution in [0, 0.1) is 0 Å². The summed E-state index contributed by atoms with van der Waals surface area (Å²) in [5.41, 5.74) is -0.692. The quantitative estimate of drug-likeness (QED) is 0.820. The van der Waals surface area contributed by atoms with Crippen LogP contribution in [-0.4, -0.2) is 30.8 Å². The van der Waals surface area contributed by atoms with Crippen molar-refractivity contribution >= 4 is 17.7 Å². The van der Waals surface area contributed by atoms with Gasteiger partial charge in [0.25, 0.3) is 0 Å². The van der Waals surface area contributed by atoms with E-state index in [1.165, 1.54) is 6.07 Å². The lowest BCUT2D eigenvalue weighted by molar-refractivity contribution is -0.137. The lowest BCUT2D eigenvalue weighted by atomic mass is 10.2. The average Bonchev–Trinajstić information content (AvgIpc) is 2.95. The summed E-state index contributed by atoms with van der Waals surface area (Å²) in [5.74, 6) is -0.0419. The Morgan fingerprint density at radius 1 is 1.43 bits per heavy atom. The second-order valence-corrected chi connectivity index (χ2v) is 5.96. The number of hydrogen-bond donors (Lipinski definition) is 2. The smallest absolute Gasteiger partial charge is 0.354 e. The van der Waals surface area contributed by atoms with Gasteiger partial charge in [0, 0.05) is 17.5 Å². The second kappa shape index (κ2) is 7.17. The summed E-state index contributed by atoms with van der Waals surface area (Å²) in [6.45, 7) is 1.54. The van der Waals surface area contributed by atoms with E-state index in [9.17, 15) is 18.0 Å². The van der Waals surface area contributed by atoms with Crippen LogP contribution in [0.1, 0.15) is 18.4 Å². The summed E-state index contributed by atoms with van der Waals surface area (Å²) < 4.78 is 37.7. The molecule has 116 valence electrons. The zero-order valence-corrected chi connectivity index (χ0v) is 12.2. The third-order valence-corrected chi connectivity index (χ3v) is 4.23. The standard InChI is InChI=1S/C14H17F3N2OS/c15-14(16,17)10-3-1-5-12(7-10)21-9-13(20)19-8-11-4-2-6-18-11/h1,3,5,7,11,18H,2,4,6,8-9H2,(H,19,20). The maximum atomic E-state index is 12.6. The summed E-state index contributed by atoms with van der Waals surface area (Å²) in [6.07, 6.45) is -2.20. The molecule has 0 spiro atoms. The third-order valence-electron chi connectivity index (χ3n) is 3.24. The lowest BCUT2D eigenvalue weighted by Gasteiger charge is -2.11. The molecule has 0 radical (unpaired) electrons. The third kappa shape index (κ3) is 5.24. The summed E-state index contributed by atoms with van der Waals surface area (Å²) in [5, 5.41) is 6.06. The monoisotopic (exact) mass is 318 g/mol. The molecule has 3 nitrogen and oxygen atoms in total. The predicted octanol–water partition coefficient (Wildman–Crippen LogP) is 2.67. The molecule has 1 amide bonds. The Balaban J connectivity index is 1.78. The Morgan fingerprint density at radius 3 is 2.90 bits per heavy atom. The molecule has 0 aliphatic carbocycles. The highest BCUT2D eigenvalue weighted by Gasteiger charge is 2.30. The van der Waals surface area contributed by atoms with Crippen LogP contribution >= 0.6 is 11.8 Å². The Bertz CT molecular complexity index is 487. The van der Waals surface area contributed by atoms with E-state index in [0.29, 0.717) is 17.5 Å². The Kier molecular flexibility index (Phi) is 5.52. The van der Waals surface area contributed by atoms with E-state index in [2.05, 4.69) is 10.6 Å². The number of carbonyl (C=O) groups excluding carboxylic acids is 1. The average molecular weight is 318 g/mol. The minimum absolute atomic E-state index is 0.119. The van der Waals surface area contributed by atoms with Crippen molar-refractivity contribution in [1.29, 1.82) is 0 Å². The van der Waals surface area contributed by atoms with Crippen molar-refractivity contribution < 1.29 is 18.0 Å². The first-order valence-electron chi connectivity index (χ1n) is 6.75. The number of halogens is 3. The number of alkyl halides is 3. The molecule has 1 atom stereocenters. The van der Waals surface area contributed by atoms with Crippen LogP contribution in [0.3, 0.4) is 0 Å². The van der Waals surface area contributed by atoms with Crippen molar-refractivity contribution in [2.45, 2.75) is 30.0 Å². The fourth-order valence-electron chi connectivity index (χ4n) is 2.13. The fraction of sp³-hybridized carbons (Fsp3) is 0.500. The highest BCUT2D eigenvalue weighted by Crippen LogP contribution is 2.31. The van der Waals surface area contributed by atoms with Gasteiger partial charge in [-0.2, -0.15) is 13.2 Å². The van der Waals surface area contributed by atoms with Crippen LogP contribution < -0.4 is 10.6 Å². The van der Waals surface area contributed by atoms with Crippen molar-refractivity contribution in [3.05, 3.63) is 29.8 Å². The van der Waals surface area contributed by atoms with Crippen LogP contribution in [0.2, 0.25) is 0 Å². The molecule has 1 unspecified atom stereocenters. The molecule has 0 saturated carbocycles. The summed E-state index contributed by atoms with van der Waals surface area (Å²) in [4.78, 5) is 12.1. The van der Waals surface area contributed by atoms with Gasteiger partial charge < -0.3 is 10.6 Å². The van der Waals surface area contributed by atoms with Gasteiger partial charge in [0.2, 0.25) is 5.91 Å². The first-order chi connectivity index (χ1) is 9.95. The van der Waals surface area contributed by atoms with Gasteiger partial charge >= 0.3 is 6.18 Å². The Labute approximate surface area is 125 Å². The zero-order valence-electron chi connectivity index (χ0n) is 11.4. The first-order valence-corrected chi connectivity index (χ1v) is 7.74. The van der Waals surface area contributed by atoms with Crippen molar-refractivity contribution in [3.8, 4) is 0 Å². The molecule has 1 heterocycles. The maximum absolute atomic E-state index is 12.6. The van der Waals surface area contributed by atoms with E-state index < -0.39 is 11.7 Å². The Hall–Kier alpha value is -1.21. The van der Waals surface area contributed by atoms with Crippen LogP contribution in [0.4, 0.5) is 13.2 Å². The molecule has 1 aliphatic heterocycles. The van der Waals surface area contributed by atoms with Crippen molar-refractivity contribution in [2.75, 3.05) is 18.8 Å². The van der Waals surface area contributed by atoms with Gasteiger partial charge in [-0.3, -0.25) is 4.79 Å². The van der Waals surface area contributed by atoms with E-state index in [1.807, 2.05) is 0 Å². The van der Waals surface area contributed by atoms with E-state index in [-0.39, 0.29) is 11.7 Å². The van der Waals surface area contributed by atoms with Gasteiger partial charge in [0.05, 0.1) is 11.3 Å². The van der Waals surface area contributed by atoms with Gasteiger partial charge in [-0.05, 0) is 37.6 Å². The van der Waals surface area contributed by atoms with Gasteiger partial charge in [-0.15, -0.1) is 11.8 Å². The summed E-state index contributed by atoms with van der Waals surface area (Å²) in [6, 6.07) is 5.33. The molecule has 2 rings (SSSR count). The van der Waals surface area contributed by atoms with Crippen molar-refractivity contribution in [2.24, 2.45) is 0 Å². The van der Waals surface area contributed by atoms with Crippen LogP contribution in [0.25, 0.3) is 0 Å². The number of carbonyl (C=O) groups is 1. The van der Waals surface area contributed by atoms with Gasteiger partial charge in [0.1, 0.15) is 0 Å². The maximum Gasteiger partial charge on any atom is 0.416 e. The predicted molar refractivity (Wildman–Crippen MR) is 76.2 cm³/mol. The minimum atomic E-state index is -4.35. The molecular weight excluding hydrogens is 301 g/mol. The number of benzene rings is 1. The fourth-order valence-corrected chi connectivity index (χ4v) is 2.92. The lowest BCUT2D eigenvalue weighted by Crippen LogP contribution is -2.37. The Morgan fingerprint density at radius 2 is 2.24 bits per heavy atom. The first kappa shape index (κ1) is 16.2. The van der Waals surface area contributed by atoms with Crippen LogP contribution in [-0.2, 0) is 11.0 Å². The molecule has 1 aromatic carbocycles. The molecule has 21 heavy (non-hydrogen) atoms. The number of hydrogen-bond acceptors (Lipinski definition) is 3. The normalized spacial score (nSPS) is 18.7. The van der Waals surface area contributed by atoms with Crippen LogP contribution in [0.5, 0.6) is 0 Å². The topological polar surface area (TPSA) is 41.1 Å². The van der Waals surface area contributed by atoms with E-state index in [4.69, 9.17) is 0 Å².